The first kappa shape index (κ1) is 9.04. The minimum atomic E-state index is 0.922. The molecule has 0 spiro atoms. The smallest absolute Gasteiger partial charge is 0.0544 e. The molecular weight excluding hydrogens is 178 g/mol. The SMILES string of the molecule is CNCCCc1sccc1Cl. The summed E-state index contributed by atoms with van der Waals surface area (Å²) in [6, 6.07) is 1.96. The van der Waals surface area contributed by atoms with Crippen LogP contribution in [0.5, 0.6) is 0 Å². The molecule has 0 unspecified atom stereocenters. The van der Waals surface area contributed by atoms with E-state index in [0.29, 0.717) is 0 Å². The third kappa shape index (κ3) is 2.81. The van der Waals surface area contributed by atoms with Gasteiger partial charge in [-0.3, -0.25) is 0 Å². The lowest BCUT2D eigenvalue weighted by Crippen LogP contribution is -2.07. The minimum Gasteiger partial charge on any atom is -0.320 e. The van der Waals surface area contributed by atoms with E-state index >= 15 is 0 Å². The largest absolute Gasteiger partial charge is 0.320 e. The van der Waals surface area contributed by atoms with Crippen LogP contribution in [-0.4, -0.2) is 13.6 Å². The van der Waals surface area contributed by atoms with Crippen molar-refractivity contribution in [2.24, 2.45) is 0 Å². The molecule has 0 radical (unpaired) electrons. The van der Waals surface area contributed by atoms with Crippen LogP contribution >= 0.6 is 22.9 Å². The molecule has 0 amide bonds. The maximum Gasteiger partial charge on any atom is 0.0544 e. The first-order valence-electron chi connectivity index (χ1n) is 3.71. The molecule has 1 aromatic rings. The van der Waals surface area contributed by atoms with Crippen molar-refractivity contribution >= 4 is 22.9 Å². The lowest BCUT2D eigenvalue weighted by atomic mass is 10.2. The van der Waals surface area contributed by atoms with Gasteiger partial charge in [0.15, 0.2) is 0 Å². The number of thiophene rings is 1. The Bertz CT molecular complexity index is 210. The van der Waals surface area contributed by atoms with Gasteiger partial charge in [0, 0.05) is 4.88 Å². The van der Waals surface area contributed by atoms with Gasteiger partial charge in [-0.25, -0.2) is 0 Å². The average molecular weight is 190 g/mol. The number of rotatable bonds is 4. The highest BCUT2D eigenvalue weighted by Gasteiger charge is 1.99. The van der Waals surface area contributed by atoms with Crippen molar-refractivity contribution in [2.75, 3.05) is 13.6 Å². The number of halogens is 1. The Kier molecular flexibility index (Phi) is 3.91. The van der Waals surface area contributed by atoms with Crippen LogP contribution in [0.2, 0.25) is 5.02 Å². The summed E-state index contributed by atoms with van der Waals surface area (Å²) >= 11 is 7.65. The Morgan fingerprint density at radius 1 is 1.64 bits per heavy atom. The van der Waals surface area contributed by atoms with Crippen LogP contribution in [0, 0.1) is 0 Å². The summed E-state index contributed by atoms with van der Waals surface area (Å²) in [6.07, 6.45) is 2.26. The number of hydrogen-bond donors (Lipinski definition) is 1. The molecule has 1 N–H and O–H groups in total. The van der Waals surface area contributed by atoms with Crippen LogP contribution < -0.4 is 5.32 Å². The van der Waals surface area contributed by atoms with Crippen molar-refractivity contribution in [3.05, 3.63) is 21.3 Å². The zero-order valence-electron chi connectivity index (χ0n) is 6.56. The summed E-state index contributed by atoms with van der Waals surface area (Å²) in [5, 5.41) is 6.07. The van der Waals surface area contributed by atoms with Crippen molar-refractivity contribution in [3.63, 3.8) is 0 Å². The van der Waals surface area contributed by atoms with Gasteiger partial charge >= 0.3 is 0 Å². The molecule has 0 aliphatic heterocycles. The monoisotopic (exact) mass is 189 g/mol. The summed E-state index contributed by atoms with van der Waals surface area (Å²) in [5.41, 5.74) is 0. The molecule has 3 heteroatoms. The van der Waals surface area contributed by atoms with Gasteiger partial charge in [0.05, 0.1) is 5.02 Å². The maximum absolute atomic E-state index is 5.91. The maximum atomic E-state index is 5.91. The van der Waals surface area contributed by atoms with E-state index in [0.717, 1.165) is 24.4 Å². The average Bonchev–Trinajstić information content (AvgIpc) is 2.37. The van der Waals surface area contributed by atoms with Gasteiger partial charge in [-0.1, -0.05) is 11.6 Å². The van der Waals surface area contributed by atoms with Crippen LogP contribution in [0.15, 0.2) is 11.4 Å². The molecule has 62 valence electrons. The zero-order valence-corrected chi connectivity index (χ0v) is 8.13. The Labute approximate surface area is 76.4 Å². The van der Waals surface area contributed by atoms with Gasteiger partial charge in [-0.05, 0) is 37.9 Å². The summed E-state index contributed by atoms with van der Waals surface area (Å²) in [5.74, 6) is 0. The van der Waals surface area contributed by atoms with E-state index in [2.05, 4.69) is 5.32 Å². The molecule has 0 aromatic carbocycles. The van der Waals surface area contributed by atoms with Gasteiger partial charge in [-0.15, -0.1) is 11.3 Å². The summed E-state index contributed by atoms with van der Waals surface area (Å²) < 4.78 is 0. The molecule has 0 aliphatic carbocycles. The molecule has 1 heterocycles. The Morgan fingerprint density at radius 2 is 2.45 bits per heavy atom. The minimum absolute atomic E-state index is 0.922. The quantitative estimate of drug-likeness (QED) is 0.718. The van der Waals surface area contributed by atoms with E-state index in [1.807, 2.05) is 18.5 Å². The fraction of sp³-hybridized carbons (Fsp3) is 0.500. The van der Waals surface area contributed by atoms with Crippen LogP contribution in [-0.2, 0) is 6.42 Å². The van der Waals surface area contributed by atoms with Crippen LogP contribution in [0.4, 0.5) is 0 Å². The molecule has 0 aliphatic rings. The number of nitrogens with one attached hydrogen (secondary N) is 1. The molecule has 0 atom stereocenters. The molecular formula is C8H12ClNS. The van der Waals surface area contributed by atoms with Gasteiger partial charge < -0.3 is 5.32 Å². The predicted molar refractivity (Wildman–Crippen MR) is 51.6 cm³/mol. The molecule has 0 saturated carbocycles. The van der Waals surface area contributed by atoms with Crippen molar-refractivity contribution in [2.45, 2.75) is 12.8 Å². The van der Waals surface area contributed by atoms with E-state index < -0.39 is 0 Å². The van der Waals surface area contributed by atoms with Crippen molar-refractivity contribution in [3.8, 4) is 0 Å². The van der Waals surface area contributed by atoms with Gasteiger partial charge in [-0.2, -0.15) is 0 Å². The fourth-order valence-corrected chi connectivity index (χ4v) is 2.11. The van der Waals surface area contributed by atoms with E-state index in [1.54, 1.807) is 11.3 Å². The van der Waals surface area contributed by atoms with Gasteiger partial charge in [0.1, 0.15) is 0 Å². The normalized spacial score (nSPS) is 10.4. The zero-order chi connectivity index (χ0) is 8.10. The van der Waals surface area contributed by atoms with Crippen molar-refractivity contribution in [1.29, 1.82) is 0 Å². The van der Waals surface area contributed by atoms with Gasteiger partial charge in [0.2, 0.25) is 0 Å². The first-order valence-corrected chi connectivity index (χ1v) is 4.97. The molecule has 1 aromatic heterocycles. The first-order chi connectivity index (χ1) is 5.34. The highest BCUT2D eigenvalue weighted by Crippen LogP contribution is 2.22. The summed E-state index contributed by atoms with van der Waals surface area (Å²) in [7, 11) is 1.97. The third-order valence-electron chi connectivity index (χ3n) is 1.52. The summed E-state index contributed by atoms with van der Waals surface area (Å²) in [4.78, 5) is 1.31. The van der Waals surface area contributed by atoms with Crippen molar-refractivity contribution < 1.29 is 0 Å². The predicted octanol–water partition coefficient (Wildman–Crippen LogP) is 2.55. The van der Waals surface area contributed by atoms with E-state index in [9.17, 15) is 0 Å². The standard InChI is InChI=1S/C8H12ClNS/c1-10-5-2-3-8-7(9)4-6-11-8/h4,6,10H,2-3,5H2,1H3. The second-order valence-electron chi connectivity index (χ2n) is 2.40. The lowest BCUT2D eigenvalue weighted by molar-refractivity contribution is 0.729. The second-order valence-corrected chi connectivity index (χ2v) is 3.81. The van der Waals surface area contributed by atoms with Crippen LogP contribution in [0.3, 0.4) is 0 Å². The lowest BCUT2D eigenvalue weighted by Gasteiger charge is -1.97. The Morgan fingerprint density at radius 3 is 3.00 bits per heavy atom. The van der Waals surface area contributed by atoms with Crippen LogP contribution in [0.25, 0.3) is 0 Å². The highest BCUT2D eigenvalue weighted by atomic mass is 35.5. The molecule has 0 bridgehead atoms. The van der Waals surface area contributed by atoms with Crippen molar-refractivity contribution in [1.82, 2.24) is 5.32 Å². The molecule has 0 saturated heterocycles. The van der Waals surface area contributed by atoms with E-state index in [1.165, 1.54) is 4.88 Å². The Balaban J connectivity index is 2.32. The van der Waals surface area contributed by atoms with E-state index in [4.69, 9.17) is 11.6 Å². The topological polar surface area (TPSA) is 12.0 Å². The third-order valence-corrected chi connectivity index (χ3v) is 2.97. The van der Waals surface area contributed by atoms with Crippen LogP contribution in [0.1, 0.15) is 11.3 Å². The highest BCUT2D eigenvalue weighted by molar-refractivity contribution is 7.10. The number of hydrogen-bond acceptors (Lipinski definition) is 2. The van der Waals surface area contributed by atoms with E-state index in [-0.39, 0.29) is 0 Å². The molecule has 1 rings (SSSR count). The Hall–Kier alpha value is -0.0500. The molecule has 1 nitrogen and oxygen atoms in total. The fourth-order valence-electron chi connectivity index (χ4n) is 0.929. The molecule has 0 fully saturated rings. The molecule has 11 heavy (non-hydrogen) atoms. The summed E-state index contributed by atoms with van der Waals surface area (Å²) in [6.45, 7) is 1.06. The second kappa shape index (κ2) is 4.75. The number of aryl methyl sites for hydroxylation is 1. The van der Waals surface area contributed by atoms with Gasteiger partial charge in [0.25, 0.3) is 0 Å².